The molecule has 0 bridgehead atoms. The first-order valence-electron chi connectivity index (χ1n) is 2.52. The molecule has 0 radical (unpaired) electrons. The summed E-state index contributed by atoms with van der Waals surface area (Å²) >= 11 is 18.4. The third-order valence-electron chi connectivity index (χ3n) is 0.664. The van der Waals surface area contributed by atoms with Crippen molar-refractivity contribution in [1.29, 1.82) is 0 Å². The van der Waals surface area contributed by atoms with Crippen molar-refractivity contribution < 1.29 is 92.0 Å². The fourth-order valence-electron chi connectivity index (χ4n) is 0.329. The zero-order valence-corrected chi connectivity index (χ0v) is 17.3. The Kier molecular flexibility index (Phi) is 142. The van der Waals surface area contributed by atoms with E-state index in [1.54, 1.807) is 0 Å². The molecule has 0 aliphatic carbocycles. The molecule has 0 fully saturated rings. The van der Waals surface area contributed by atoms with Crippen LogP contribution in [0.1, 0.15) is 0 Å². The van der Waals surface area contributed by atoms with Gasteiger partial charge in [0.1, 0.15) is 0 Å². The van der Waals surface area contributed by atoms with Gasteiger partial charge in [-0.05, 0) is 0 Å². The van der Waals surface area contributed by atoms with Crippen molar-refractivity contribution in [2.45, 2.75) is 0 Å². The summed E-state index contributed by atoms with van der Waals surface area (Å²) in [6, 6.07) is 0. The predicted molar refractivity (Wildman–Crippen MR) is 77.6 cm³/mol. The second kappa shape index (κ2) is 42.8. The molecule has 14 N–H and O–H groups in total. The molecule has 0 heterocycles. The molecule has 0 saturated carbocycles. The Morgan fingerprint density at radius 1 is 0.667 bits per heavy atom. The van der Waals surface area contributed by atoms with Gasteiger partial charge in [-0.15, -0.1) is 0 Å². The first-order valence-corrected chi connectivity index (χ1v) is 4.16. The van der Waals surface area contributed by atoms with Gasteiger partial charge in [0, 0.05) is 13.1 Å². The fraction of sp³-hybridized carbons (Fsp3) is 0.500. The van der Waals surface area contributed by atoms with Gasteiger partial charge in [0.25, 0.3) is 0 Å². The van der Waals surface area contributed by atoms with Gasteiger partial charge in [-0.3, -0.25) is 0 Å². The van der Waals surface area contributed by atoms with Crippen LogP contribution in [0.5, 0.6) is 0 Å². The topological polar surface area (TPSA) is 213 Å². The molecular weight excluding hydrogens is 346 g/mol. The molecular formula is C4H18N2Na2O6S4. The van der Waals surface area contributed by atoms with Crippen LogP contribution in [-0.4, -0.2) is 54.6 Å². The number of hydrogen-bond acceptors (Lipinski definition) is 4. The monoisotopic (exact) mass is 364 g/mol. The summed E-state index contributed by atoms with van der Waals surface area (Å²) in [4.78, 5) is 0. The zero-order valence-electron chi connectivity index (χ0n) is 10.0. The van der Waals surface area contributed by atoms with Crippen LogP contribution in [-0.2, 0) is 25.3 Å². The van der Waals surface area contributed by atoms with Crippen molar-refractivity contribution in [2.24, 2.45) is 0 Å². The van der Waals surface area contributed by atoms with Crippen LogP contribution < -0.4 is 69.7 Å². The van der Waals surface area contributed by atoms with Crippen molar-refractivity contribution >= 4 is 58.3 Å². The molecule has 0 aromatic rings. The summed E-state index contributed by atoms with van der Waals surface area (Å²) in [5.74, 6) is 0. The summed E-state index contributed by atoms with van der Waals surface area (Å²) in [5.41, 5.74) is 0. The maximum absolute atomic E-state index is 4.59. The van der Waals surface area contributed by atoms with Crippen LogP contribution >= 0.6 is 24.4 Å². The van der Waals surface area contributed by atoms with Gasteiger partial charge >= 0.3 is 59.1 Å². The van der Waals surface area contributed by atoms with E-state index in [0.29, 0.717) is 21.7 Å². The Balaban J connectivity index is -0.0000000145. The Hall–Kier alpha value is 1.98. The number of nitrogens with one attached hydrogen (secondary N) is 2. The van der Waals surface area contributed by atoms with E-state index in [9.17, 15) is 0 Å². The molecule has 0 unspecified atom stereocenters. The van der Waals surface area contributed by atoms with E-state index in [1.807, 2.05) is 0 Å². The molecule has 0 aromatic heterocycles. The van der Waals surface area contributed by atoms with Crippen molar-refractivity contribution in [3.05, 3.63) is 0 Å². The van der Waals surface area contributed by atoms with Crippen LogP contribution in [0.4, 0.5) is 0 Å². The Labute approximate surface area is 172 Å². The summed E-state index contributed by atoms with van der Waals surface area (Å²) in [6.45, 7) is 1.33. The Bertz CT molecular complexity index is 144. The van der Waals surface area contributed by atoms with E-state index in [2.05, 4.69) is 60.3 Å². The summed E-state index contributed by atoms with van der Waals surface area (Å²) < 4.78 is 0.745. The van der Waals surface area contributed by atoms with Crippen LogP contribution in [0.2, 0.25) is 0 Å². The summed E-state index contributed by atoms with van der Waals surface area (Å²) in [7, 11) is 0. The van der Waals surface area contributed by atoms with Crippen molar-refractivity contribution in [3.63, 3.8) is 0 Å². The fourth-order valence-corrected chi connectivity index (χ4v) is 0.737. The van der Waals surface area contributed by atoms with Crippen molar-refractivity contribution in [3.8, 4) is 0 Å². The van der Waals surface area contributed by atoms with Gasteiger partial charge in [-0.25, -0.2) is 0 Å². The molecule has 0 aromatic carbocycles. The quantitative estimate of drug-likeness (QED) is 0.214. The van der Waals surface area contributed by atoms with Crippen LogP contribution in [0.25, 0.3) is 0 Å². The number of rotatable bonds is 3. The second-order valence-corrected chi connectivity index (χ2v) is 3.58. The number of hydrogen-bond donors (Lipinski definition) is 2. The van der Waals surface area contributed by atoms with Crippen LogP contribution in [0.15, 0.2) is 0 Å². The van der Waals surface area contributed by atoms with Gasteiger partial charge < -0.3 is 93.2 Å². The standard InChI is InChI=1S/C4H8N2S4.2Na.6H2O/c7-3(8)5-1-2-6-4(9)10;;;;;;;;/h1-2H2,(H2,5,7,8)(H2,6,9,10);;;6*1H2/q;2*+1;;;;;;/p-2. The molecule has 0 atom stereocenters. The third-order valence-corrected chi connectivity index (χ3v) is 1.24. The largest absolute Gasteiger partial charge is 1.00 e. The molecule has 0 spiro atoms. The van der Waals surface area contributed by atoms with Crippen LogP contribution in [0, 0.1) is 0 Å². The molecule has 0 aliphatic heterocycles. The molecule has 8 nitrogen and oxygen atoms in total. The maximum Gasteiger partial charge on any atom is 1.00 e. The average Bonchev–Trinajstić information content (AvgIpc) is 1.79. The molecule has 18 heavy (non-hydrogen) atoms. The zero-order chi connectivity index (χ0) is 7.98. The summed E-state index contributed by atoms with van der Waals surface area (Å²) in [5, 5.41) is 5.56. The smallest absolute Gasteiger partial charge is 0.412 e. The number of thiocarbonyl (C=S) groups is 2. The molecule has 0 saturated heterocycles. The average molecular weight is 364 g/mol. The van der Waals surface area contributed by atoms with E-state index >= 15 is 0 Å². The van der Waals surface area contributed by atoms with Crippen molar-refractivity contribution in [1.82, 2.24) is 10.6 Å². The summed E-state index contributed by atoms with van der Waals surface area (Å²) in [6.07, 6.45) is 0. The van der Waals surface area contributed by atoms with Gasteiger partial charge in [0.2, 0.25) is 0 Å². The normalized spacial score (nSPS) is 4.67. The molecule has 14 heteroatoms. The SMILES string of the molecule is O.O.O.O.O.O.S=C([S-])NCCNC(=S)[S-].[Na+].[Na+]. The minimum absolute atomic E-state index is 0. The van der Waals surface area contributed by atoms with Gasteiger partial charge in [0.15, 0.2) is 0 Å². The van der Waals surface area contributed by atoms with E-state index in [1.165, 1.54) is 0 Å². The third kappa shape index (κ3) is 64.3. The maximum atomic E-state index is 4.59. The molecule has 0 rings (SSSR count). The molecule has 0 amide bonds. The Morgan fingerprint density at radius 3 is 0.944 bits per heavy atom. The van der Waals surface area contributed by atoms with Gasteiger partial charge in [-0.2, -0.15) is 0 Å². The van der Waals surface area contributed by atoms with Gasteiger partial charge in [-0.1, -0.05) is 8.64 Å². The van der Waals surface area contributed by atoms with E-state index in [0.717, 1.165) is 0 Å². The minimum atomic E-state index is 0. The second-order valence-electron chi connectivity index (χ2n) is 1.43. The van der Waals surface area contributed by atoms with Gasteiger partial charge in [0.05, 0.1) is 0 Å². The Morgan fingerprint density at radius 2 is 0.833 bits per heavy atom. The van der Waals surface area contributed by atoms with Crippen LogP contribution in [0.3, 0.4) is 0 Å². The first kappa shape index (κ1) is 59.7. The molecule has 106 valence electrons. The predicted octanol–water partition coefficient (Wildman–Crippen LogP) is -11.1. The van der Waals surface area contributed by atoms with E-state index in [4.69, 9.17) is 0 Å². The molecule has 0 aliphatic rings. The van der Waals surface area contributed by atoms with E-state index < -0.39 is 0 Å². The van der Waals surface area contributed by atoms with Crippen molar-refractivity contribution in [2.75, 3.05) is 13.1 Å². The van der Waals surface area contributed by atoms with E-state index in [-0.39, 0.29) is 92.0 Å². The minimum Gasteiger partial charge on any atom is -0.412 e. The first-order chi connectivity index (χ1) is 4.63.